The van der Waals surface area contributed by atoms with Gasteiger partial charge in [0.05, 0.1) is 5.56 Å². The lowest BCUT2D eigenvalue weighted by atomic mass is 10.1. The molecule has 0 aliphatic rings. The quantitative estimate of drug-likeness (QED) is 0.772. The minimum Gasteiger partial charge on any atom is -0.478 e. The molecule has 4 heteroatoms. The third-order valence-electron chi connectivity index (χ3n) is 2.17. The Bertz CT molecular complexity index is 474. The number of carbonyl (C=O) groups is 2. The maximum absolute atomic E-state index is 11.7. The van der Waals surface area contributed by atoms with Crippen LogP contribution < -0.4 is 5.32 Å². The van der Waals surface area contributed by atoms with Crippen molar-refractivity contribution in [2.75, 3.05) is 0 Å². The van der Waals surface area contributed by atoms with Crippen LogP contribution in [0.4, 0.5) is 0 Å². The zero-order valence-electron chi connectivity index (χ0n) is 9.43. The number of carboxylic acids is 1. The van der Waals surface area contributed by atoms with E-state index in [4.69, 9.17) is 11.5 Å². The van der Waals surface area contributed by atoms with Crippen molar-refractivity contribution in [1.29, 1.82) is 0 Å². The zero-order chi connectivity index (χ0) is 12.8. The van der Waals surface area contributed by atoms with E-state index in [1.807, 2.05) is 0 Å². The molecule has 17 heavy (non-hydrogen) atoms. The molecule has 0 saturated carbocycles. The van der Waals surface area contributed by atoms with Gasteiger partial charge >= 0.3 is 5.97 Å². The maximum atomic E-state index is 11.7. The molecule has 1 atom stereocenters. The standard InChI is InChI=1S/C13H13NO3/c1-3-5-9(2)14-12(15)10-6-4-7-11(8-10)13(16)17/h1,4,6-9H,5H2,2H3,(H,14,15)(H,16,17). The first-order chi connectivity index (χ1) is 8.04. The fraction of sp³-hybridized carbons (Fsp3) is 0.231. The summed E-state index contributed by atoms with van der Waals surface area (Å²) in [5.74, 6) is 1.06. The molecule has 0 spiro atoms. The maximum Gasteiger partial charge on any atom is 0.335 e. The highest BCUT2D eigenvalue weighted by atomic mass is 16.4. The number of hydrogen-bond donors (Lipinski definition) is 2. The summed E-state index contributed by atoms with van der Waals surface area (Å²) in [6.07, 6.45) is 5.56. The van der Waals surface area contributed by atoms with Gasteiger partial charge in [0.2, 0.25) is 0 Å². The number of terminal acetylenes is 1. The van der Waals surface area contributed by atoms with Gasteiger partial charge in [-0.3, -0.25) is 4.79 Å². The molecule has 4 nitrogen and oxygen atoms in total. The summed E-state index contributed by atoms with van der Waals surface area (Å²) in [4.78, 5) is 22.5. The summed E-state index contributed by atoms with van der Waals surface area (Å²) >= 11 is 0. The van der Waals surface area contributed by atoms with Crippen LogP contribution in [-0.2, 0) is 0 Å². The smallest absolute Gasteiger partial charge is 0.335 e. The summed E-state index contributed by atoms with van der Waals surface area (Å²) in [6, 6.07) is 5.72. The summed E-state index contributed by atoms with van der Waals surface area (Å²) in [6.45, 7) is 1.79. The molecule has 0 aliphatic carbocycles. The molecule has 88 valence electrons. The number of benzene rings is 1. The van der Waals surface area contributed by atoms with Crippen LogP contribution >= 0.6 is 0 Å². The van der Waals surface area contributed by atoms with Gasteiger partial charge < -0.3 is 10.4 Å². The summed E-state index contributed by atoms with van der Waals surface area (Å²) in [7, 11) is 0. The Hall–Kier alpha value is -2.28. The molecule has 1 amide bonds. The van der Waals surface area contributed by atoms with Crippen LogP contribution in [0.3, 0.4) is 0 Å². The number of nitrogens with one attached hydrogen (secondary N) is 1. The number of hydrogen-bond acceptors (Lipinski definition) is 2. The van der Waals surface area contributed by atoms with Crippen LogP contribution in [0.5, 0.6) is 0 Å². The largest absolute Gasteiger partial charge is 0.478 e. The molecule has 2 N–H and O–H groups in total. The first-order valence-electron chi connectivity index (χ1n) is 5.12. The highest BCUT2D eigenvalue weighted by Crippen LogP contribution is 2.06. The van der Waals surface area contributed by atoms with Crippen LogP contribution in [-0.4, -0.2) is 23.0 Å². The van der Waals surface area contributed by atoms with E-state index in [0.717, 1.165) is 0 Å². The van der Waals surface area contributed by atoms with Gasteiger partial charge in [-0.05, 0) is 25.1 Å². The molecular weight excluding hydrogens is 218 g/mol. The first kappa shape index (κ1) is 12.8. The molecule has 0 heterocycles. The number of carboxylic acid groups (broad SMARTS) is 1. The molecule has 0 aromatic heterocycles. The molecule has 1 aromatic carbocycles. The second kappa shape index (κ2) is 5.71. The Kier molecular flexibility index (Phi) is 4.29. The SMILES string of the molecule is C#CCC(C)NC(=O)c1cccc(C(=O)O)c1. The van der Waals surface area contributed by atoms with E-state index < -0.39 is 5.97 Å². The molecular formula is C13H13NO3. The van der Waals surface area contributed by atoms with E-state index in [0.29, 0.717) is 12.0 Å². The van der Waals surface area contributed by atoms with Crippen LogP contribution in [0.1, 0.15) is 34.1 Å². The van der Waals surface area contributed by atoms with Gasteiger partial charge in [0, 0.05) is 18.0 Å². The molecule has 0 saturated heterocycles. The van der Waals surface area contributed by atoms with Gasteiger partial charge in [-0.1, -0.05) is 6.07 Å². The van der Waals surface area contributed by atoms with Crippen LogP contribution in [0.25, 0.3) is 0 Å². The molecule has 0 radical (unpaired) electrons. The second-order valence-corrected chi connectivity index (χ2v) is 3.67. The molecule has 1 aromatic rings. The van der Waals surface area contributed by atoms with Gasteiger partial charge in [-0.2, -0.15) is 0 Å². The van der Waals surface area contributed by atoms with Gasteiger partial charge in [0.15, 0.2) is 0 Å². The Morgan fingerprint density at radius 3 is 2.71 bits per heavy atom. The Labute approximate surface area is 99.7 Å². The Balaban J connectivity index is 2.79. The van der Waals surface area contributed by atoms with Crippen molar-refractivity contribution in [2.45, 2.75) is 19.4 Å². The van der Waals surface area contributed by atoms with E-state index in [2.05, 4.69) is 11.2 Å². The lowest BCUT2D eigenvalue weighted by Crippen LogP contribution is -2.32. The van der Waals surface area contributed by atoms with Gasteiger partial charge in [-0.15, -0.1) is 12.3 Å². The van der Waals surface area contributed by atoms with Crippen LogP contribution in [0, 0.1) is 12.3 Å². The minimum atomic E-state index is -1.06. The average Bonchev–Trinajstić information content (AvgIpc) is 2.29. The van der Waals surface area contributed by atoms with E-state index in [1.165, 1.54) is 18.2 Å². The fourth-order valence-electron chi connectivity index (χ4n) is 1.33. The molecule has 1 rings (SSSR count). The predicted octanol–water partition coefficient (Wildman–Crippen LogP) is 1.53. The summed E-state index contributed by atoms with van der Waals surface area (Å²) in [5, 5.41) is 11.5. The van der Waals surface area contributed by atoms with Crippen LogP contribution in [0.15, 0.2) is 24.3 Å². The number of amides is 1. The van der Waals surface area contributed by atoms with E-state index in [1.54, 1.807) is 13.0 Å². The van der Waals surface area contributed by atoms with Crippen molar-refractivity contribution < 1.29 is 14.7 Å². The summed E-state index contributed by atoms with van der Waals surface area (Å²) in [5.41, 5.74) is 0.399. The Morgan fingerprint density at radius 1 is 1.47 bits per heavy atom. The topological polar surface area (TPSA) is 66.4 Å². The van der Waals surface area contributed by atoms with Crippen LogP contribution in [0.2, 0.25) is 0 Å². The van der Waals surface area contributed by atoms with Crippen molar-refractivity contribution in [1.82, 2.24) is 5.32 Å². The Morgan fingerprint density at radius 2 is 2.12 bits per heavy atom. The average molecular weight is 231 g/mol. The van der Waals surface area contributed by atoms with E-state index in [9.17, 15) is 9.59 Å². The zero-order valence-corrected chi connectivity index (χ0v) is 9.43. The lowest BCUT2D eigenvalue weighted by molar-refractivity contribution is 0.0697. The van der Waals surface area contributed by atoms with Gasteiger partial charge in [0.1, 0.15) is 0 Å². The van der Waals surface area contributed by atoms with Crippen molar-refractivity contribution in [3.8, 4) is 12.3 Å². The summed E-state index contributed by atoms with van der Waals surface area (Å²) < 4.78 is 0. The molecule has 0 fully saturated rings. The number of rotatable bonds is 4. The normalized spacial score (nSPS) is 11.3. The van der Waals surface area contributed by atoms with Gasteiger partial charge in [0.25, 0.3) is 5.91 Å². The van der Waals surface area contributed by atoms with E-state index in [-0.39, 0.29) is 17.5 Å². The van der Waals surface area contributed by atoms with Gasteiger partial charge in [-0.25, -0.2) is 4.79 Å². The third-order valence-corrected chi connectivity index (χ3v) is 2.17. The molecule has 1 unspecified atom stereocenters. The second-order valence-electron chi connectivity index (χ2n) is 3.67. The molecule has 0 aliphatic heterocycles. The first-order valence-corrected chi connectivity index (χ1v) is 5.12. The fourth-order valence-corrected chi connectivity index (χ4v) is 1.33. The van der Waals surface area contributed by atoms with Crippen molar-refractivity contribution >= 4 is 11.9 Å². The predicted molar refractivity (Wildman–Crippen MR) is 63.8 cm³/mol. The number of carbonyl (C=O) groups excluding carboxylic acids is 1. The highest BCUT2D eigenvalue weighted by Gasteiger charge is 2.11. The molecule has 0 bridgehead atoms. The minimum absolute atomic E-state index is 0.0854. The van der Waals surface area contributed by atoms with Crippen molar-refractivity contribution in [3.05, 3.63) is 35.4 Å². The number of aromatic carboxylic acids is 1. The monoisotopic (exact) mass is 231 g/mol. The van der Waals surface area contributed by atoms with E-state index >= 15 is 0 Å². The lowest BCUT2D eigenvalue weighted by Gasteiger charge is -2.11. The van der Waals surface area contributed by atoms with Crippen molar-refractivity contribution in [3.63, 3.8) is 0 Å². The highest BCUT2D eigenvalue weighted by molar-refractivity contribution is 5.97. The third kappa shape index (κ3) is 3.65. The van der Waals surface area contributed by atoms with Crippen molar-refractivity contribution in [2.24, 2.45) is 0 Å².